The van der Waals surface area contributed by atoms with E-state index in [1.165, 1.54) is 11.1 Å². The average Bonchev–Trinajstić information content (AvgIpc) is 3.29. The van der Waals surface area contributed by atoms with E-state index in [4.69, 9.17) is 0 Å². The second kappa shape index (κ2) is 6.59. The zero-order valence-corrected chi connectivity index (χ0v) is 14.9. The number of amides is 1. The molecule has 0 N–H and O–H groups in total. The van der Waals surface area contributed by atoms with Gasteiger partial charge >= 0.3 is 0 Å². The van der Waals surface area contributed by atoms with Crippen LogP contribution in [0.3, 0.4) is 0 Å². The maximum atomic E-state index is 12.2. The molecule has 4 rings (SSSR count). The predicted octanol–water partition coefficient (Wildman–Crippen LogP) is 1.74. The fourth-order valence-electron chi connectivity index (χ4n) is 4.56. The van der Waals surface area contributed by atoms with Gasteiger partial charge in [0.25, 0.3) is 0 Å². The Morgan fingerprint density at radius 3 is 2.60 bits per heavy atom. The first-order valence-electron chi connectivity index (χ1n) is 9.01. The second-order valence-electron chi connectivity index (χ2n) is 7.36. The Kier molecular flexibility index (Phi) is 4.29. The van der Waals surface area contributed by atoms with E-state index in [-0.39, 0.29) is 11.9 Å². The highest BCUT2D eigenvalue weighted by Gasteiger charge is 2.48. The van der Waals surface area contributed by atoms with Gasteiger partial charge in [-0.2, -0.15) is 0 Å². The van der Waals surface area contributed by atoms with Crippen LogP contribution in [-0.2, 0) is 11.3 Å². The highest BCUT2D eigenvalue weighted by Crippen LogP contribution is 2.45. The molecule has 132 valence electrons. The molecule has 0 aliphatic carbocycles. The summed E-state index contributed by atoms with van der Waals surface area (Å²) < 4.78 is 2.02. The molecule has 1 aromatic heterocycles. The summed E-state index contributed by atoms with van der Waals surface area (Å²) in [6.07, 6.45) is 3.54. The molecule has 2 aliphatic heterocycles. The van der Waals surface area contributed by atoms with Crippen LogP contribution in [0.1, 0.15) is 24.1 Å². The number of nitrogens with zero attached hydrogens (tertiary/aromatic N) is 5. The molecule has 0 saturated carbocycles. The number of rotatable bonds is 4. The van der Waals surface area contributed by atoms with Gasteiger partial charge in [-0.05, 0) is 24.0 Å². The molecular formula is C19H25N5O. The largest absolute Gasteiger partial charge is 0.335 e. The summed E-state index contributed by atoms with van der Waals surface area (Å²) in [5.74, 6) is 1.28. The molecule has 0 bridgehead atoms. The van der Waals surface area contributed by atoms with E-state index in [1.807, 2.05) is 4.57 Å². The summed E-state index contributed by atoms with van der Waals surface area (Å²) in [7, 11) is 0. The van der Waals surface area contributed by atoms with Crippen molar-refractivity contribution in [2.24, 2.45) is 11.8 Å². The van der Waals surface area contributed by atoms with Crippen LogP contribution in [0.5, 0.6) is 0 Å². The molecule has 2 aliphatic rings. The fraction of sp³-hybridized carbons (Fsp3) is 0.526. The first-order chi connectivity index (χ1) is 12.1. The van der Waals surface area contributed by atoms with E-state index in [1.54, 1.807) is 19.6 Å². The Hall–Kier alpha value is -2.21. The van der Waals surface area contributed by atoms with Crippen LogP contribution in [0.2, 0.25) is 0 Å². The highest BCUT2D eigenvalue weighted by atomic mass is 16.2. The van der Waals surface area contributed by atoms with E-state index in [2.05, 4.69) is 51.2 Å². The third kappa shape index (κ3) is 3.06. The van der Waals surface area contributed by atoms with Gasteiger partial charge in [-0.3, -0.25) is 4.79 Å². The summed E-state index contributed by atoms with van der Waals surface area (Å²) in [4.78, 5) is 16.8. The van der Waals surface area contributed by atoms with Crippen molar-refractivity contribution in [2.75, 3.05) is 26.2 Å². The van der Waals surface area contributed by atoms with E-state index in [0.29, 0.717) is 11.8 Å². The smallest absolute Gasteiger partial charge is 0.219 e. The molecule has 2 fully saturated rings. The number of aryl methyl sites for hydroxylation is 1. The SMILES string of the molecule is CC(=O)N1C[C@H]2CN(CCn3cnnc3)C[C@H]2[C@@H]1c1ccccc1C. The molecule has 2 aromatic rings. The zero-order valence-electron chi connectivity index (χ0n) is 14.9. The lowest BCUT2D eigenvalue weighted by Gasteiger charge is -2.30. The lowest BCUT2D eigenvalue weighted by Crippen LogP contribution is -2.35. The Balaban J connectivity index is 1.51. The van der Waals surface area contributed by atoms with Gasteiger partial charge in [0.2, 0.25) is 5.91 Å². The number of carbonyl (C=O) groups excluding carboxylic acids is 1. The molecule has 25 heavy (non-hydrogen) atoms. The minimum Gasteiger partial charge on any atom is -0.335 e. The Labute approximate surface area is 148 Å². The lowest BCUT2D eigenvalue weighted by atomic mass is 9.87. The topological polar surface area (TPSA) is 54.3 Å². The van der Waals surface area contributed by atoms with Crippen molar-refractivity contribution in [3.63, 3.8) is 0 Å². The van der Waals surface area contributed by atoms with Gasteiger partial charge in [-0.25, -0.2) is 0 Å². The van der Waals surface area contributed by atoms with Gasteiger partial charge in [0.05, 0.1) is 6.04 Å². The first kappa shape index (κ1) is 16.3. The summed E-state index contributed by atoms with van der Waals surface area (Å²) in [6.45, 7) is 8.77. The monoisotopic (exact) mass is 339 g/mol. The molecule has 0 radical (unpaired) electrons. The number of benzene rings is 1. The van der Waals surface area contributed by atoms with E-state index < -0.39 is 0 Å². The second-order valence-corrected chi connectivity index (χ2v) is 7.36. The van der Waals surface area contributed by atoms with Gasteiger partial charge in [0.15, 0.2) is 0 Å². The molecular weight excluding hydrogens is 314 g/mol. The first-order valence-corrected chi connectivity index (χ1v) is 9.01. The van der Waals surface area contributed by atoms with Crippen LogP contribution in [0.25, 0.3) is 0 Å². The van der Waals surface area contributed by atoms with Crippen LogP contribution in [0.4, 0.5) is 0 Å². The molecule has 1 amide bonds. The van der Waals surface area contributed by atoms with Crippen LogP contribution in [-0.4, -0.2) is 56.7 Å². The summed E-state index contributed by atoms with van der Waals surface area (Å²) in [5.41, 5.74) is 2.59. The number of likely N-dealkylation sites (tertiary alicyclic amines) is 2. The average molecular weight is 339 g/mol. The van der Waals surface area contributed by atoms with E-state index >= 15 is 0 Å². The molecule has 0 unspecified atom stereocenters. The molecule has 2 saturated heterocycles. The number of fused-ring (bicyclic) bond motifs is 1. The van der Waals surface area contributed by atoms with Gasteiger partial charge in [-0.15, -0.1) is 10.2 Å². The van der Waals surface area contributed by atoms with Crippen molar-refractivity contribution in [2.45, 2.75) is 26.4 Å². The Morgan fingerprint density at radius 1 is 1.12 bits per heavy atom. The number of aromatic nitrogens is 3. The summed E-state index contributed by atoms with van der Waals surface area (Å²) >= 11 is 0. The van der Waals surface area contributed by atoms with Crippen LogP contribution in [0.15, 0.2) is 36.9 Å². The van der Waals surface area contributed by atoms with Gasteiger partial charge in [-0.1, -0.05) is 24.3 Å². The maximum Gasteiger partial charge on any atom is 0.219 e. The quantitative estimate of drug-likeness (QED) is 0.851. The molecule has 3 atom stereocenters. The van der Waals surface area contributed by atoms with Crippen molar-refractivity contribution >= 4 is 5.91 Å². The third-order valence-corrected chi connectivity index (χ3v) is 5.79. The van der Waals surface area contributed by atoms with E-state index in [9.17, 15) is 4.79 Å². The van der Waals surface area contributed by atoms with Crippen LogP contribution in [0, 0.1) is 18.8 Å². The van der Waals surface area contributed by atoms with E-state index in [0.717, 1.165) is 32.7 Å². The summed E-state index contributed by atoms with van der Waals surface area (Å²) in [5, 5.41) is 7.73. The normalized spacial score (nSPS) is 26.2. The van der Waals surface area contributed by atoms with Gasteiger partial charge in [0, 0.05) is 45.6 Å². The summed E-state index contributed by atoms with van der Waals surface area (Å²) in [6, 6.07) is 8.72. The molecule has 1 aromatic carbocycles. The maximum absolute atomic E-state index is 12.2. The van der Waals surface area contributed by atoms with Crippen LogP contribution >= 0.6 is 0 Å². The highest BCUT2D eigenvalue weighted by molar-refractivity contribution is 5.74. The van der Waals surface area contributed by atoms with Gasteiger partial charge in [0.1, 0.15) is 12.7 Å². The van der Waals surface area contributed by atoms with Crippen molar-refractivity contribution in [3.05, 3.63) is 48.0 Å². The lowest BCUT2D eigenvalue weighted by molar-refractivity contribution is -0.130. The number of hydrogen-bond donors (Lipinski definition) is 0. The standard InChI is InChI=1S/C19H25N5O/c1-14-5-3-4-6-17(14)19-18-11-22(7-8-23-12-20-21-13-23)9-16(18)10-24(19)15(2)25/h3-6,12-13,16,18-19H,7-11H2,1-2H3/t16-,18-,19+/m1/s1. The molecule has 3 heterocycles. The minimum atomic E-state index is 0.193. The van der Waals surface area contributed by atoms with Gasteiger partial charge < -0.3 is 14.4 Å². The third-order valence-electron chi connectivity index (χ3n) is 5.79. The molecule has 0 spiro atoms. The zero-order chi connectivity index (χ0) is 17.4. The molecule has 6 nitrogen and oxygen atoms in total. The Morgan fingerprint density at radius 2 is 1.88 bits per heavy atom. The number of carbonyl (C=O) groups is 1. The van der Waals surface area contributed by atoms with Crippen molar-refractivity contribution in [1.29, 1.82) is 0 Å². The van der Waals surface area contributed by atoms with Crippen molar-refractivity contribution in [3.8, 4) is 0 Å². The number of hydrogen-bond acceptors (Lipinski definition) is 4. The van der Waals surface area contributed by atoms with Crippen molar-refractivity contribution < 1.29 is 4.79 Å². The van der Waals surface area contributed by atoms with Crippen LogP contribution < -0.4 is 0 Å². The minimum absolute atomic E-state index is 0.193. The molecule has 6 heteroatoms. The predicted molar refractivity (Wildman–Crippen MR) is 94.7 cm³/mol. The fourth-order valence-corrected chi connectivity index (χ4v) is 4.56. The van der Waals surface area contributed by atoms with Crippen molar-refractivity contribution in [1.82, 2.24) is 24.6 Å². The Bertz CT molecular complexity index is 744.